The summed E-state index contributed by atoms with van der Waals surface area (Å²) in [4.78, 5) is 26.0. The molecular weight excluding hydrogens is 512 g/mol. The normalized spacial score (nSPS) is 14.9. The van der Waals surface area contributed by atoms with E-state index in [1.807, 2.05) is 24.3 Å². The molecule has 2 amide bonds. The van der Waals surface area contributed by atoms with E-state index in [1.165, 1.54) is 5.56 Å². The van der Waals surface area contributed by atoms with Gasteiger partial charge >= 0.3 is 0 Å². The highest BCUT2D eigenvalue weighted by atomic mass is 35.5. The van der Waals surface area contributed by atoms with Crippen molar-refractivity contribution in [2.24, 2.45) is 0 Å². The number of amides is 2. The van der Waals surface area contributed by atoms with Gasteiger partial charge in [0.15, 0.2) is 4.32 Å². The van der Waals surface area contributed by atoms with Crippen molar-refractivity contribution in [3.63, 3.8) is 0 Å². The van der Waals surface area contributed by atoms with Gasteiger partial charge in [0.05, 0.1) is 15.5 Å². The fraction of sp³-hybridized carbons (Fsp3) is 0.179. The van der Waals surface area contributed by atoms with Crippen LogP contribution in [0.15, 0.2) is 77.7 Å². The summed E-state index contributed by atoms with van der Waals surface area (Å²) in [7, 11) is 0. The molecule has 0 radical (unpaired) electrons. The average Bonchev–Trinajstić information content (AvgIpc) is 3.10. The van der Waals surface area contributed by atoms with Crippen LogP contribution in [0.1, 0.15) is 47.8 Å². The number of thiocarbonyl (C=S) groups is 1. The second-order valence-corrected chi connectivity index (χ2v) is 11.3. The molecule has 3 aromatic carbocycles. The van der Waals surface area contributed by atoms with Gasteiger partial charge in [0.2, 0.25) is 0 Å². The standard InChI is InChI=1S/C28H25ClN2O3S2/c1-28(2,3)20-14-12-18(13-15-20)17-34-23-11-7-4-8-19(23)16-24-26(33)31(27(35)36-24)30-25(32)21-9-5-6-10-22(21)29/h4-16H,17H2,1-3H3,(H,30,32)/b24-16+. The molecule has 0 aliphatic carbocycles. The Morgan fingerprint density at radius 2 is 1.72 bits per heavy atom. The van der Waals surface area contributed by atoms with Crippen molar-refractivity contribution in [3.8, 4) is 5.75 Å². The minimum Gasteiger partial charge on any atom is -0.488 e. The maximum atomic E-state index is 13.0. The zero-order chi connectivity index (χ0) is 25.9. The van der Waals surface area contributed by atoms with E-state index >= 15 is 0 Å². The van der Waals surface area contributed by atoms with Gasteiger partial charge in [-0.25, -0.2) is 0 Å². The first-order chi connectivity index (χ1) is 17.1. The number of halogens is 1. The van der Waals surface area contributed by atoms with E-state index < -0.39 is 11.8 Å². The summed E-state index contributed by atoms with van der Waals surface area (Å²) in [5.41, 5.74) is 5.94. The molecular formula is C28H25ClN2O3S2. The lowest BCUT2D eigenvalue weighted by Gasteiger charge is -2.19. The Hall–Kier alpha value is -3.13. The molecule has 184 valence electrons. The van der Waals surface area contributed by atoms with Crippen LogP contribution in [0.3, 0.4) is 0 Å². The van der Waals surface area contributed by atoms with Gasteiger partial charge in [0.25, 0.3) is 11.8 Å². The largest absolute Gasteiger partial charge is 0.488 e. The first-order valence-electron chi connectivity index (χ1n) is 11.3. The SMILES string of the molecule is CC(C)(C)c1ccc(COc2ccccc2/C=C2/SC(=S)N(NC(=O)c3ccccc3Cl)C2=O)cc1. The summed E-state index contributed by atoms with van der Waals surface area (Å²) in [6, 6.07) is 22.4. The maximum absolute atomic E-state index is 13.0. The van der Waals surface area contributed by atoms with E-state index in [2.05, 4.69) is 50.5 Å². The number of hydrogen-bond donors (Lipinski definition) is 1. The van der Waals surface area contributed by atoms with E-state index in [-0.39, 0.29) is 20.3 Å². The minimum atomic E-state index is -0.514. The molecule has 1 saturated heterocycles. The first-order valence-corrected chi connectivity index (χ1v) is 12.9. The molecule has 36 heavy (non-hydrogen) atoms. The molecule has 3 aromatic rings. The van der Waals surface area contributed by atoms with E-state index in [0.29, 0.717) is 17.3 Å². The molecule has 0 aromatic heterocycles. The molecule has 1 N–H and O–H groups in total. The highest BCUT2D eigenvalue weighted by Gasteiger charge is 2.34. The smallest absolute Gasteiger partial charge is 0.285 e. The number of rotatable bonds is 6. The van der Waals surface area contributed by atoms with Crippen molar-refractivity contribution in [3.05, 3.63) is 105 Å². The van der Waals surface area contributed by atoms with E-state index in [1.54, 1.807) is 30.3 Å². The molecule has 5 nitrogen and oxygen atoms in total. The summed E-state index contributed by atoms with van der Waals surface area (Å²) < 4.78 is 6.31. The van der Waals surface area contributed by atoms with Crippen molar-refractivity contribution in [1.29, 1.82) is 0 Å². The topological polar surface area (TPSA) is 58.6 Å². The average molecular weight is 537 g/mol. The number of benzene rings is 3. The number of nitrogens with zero attached hydrogens (tertiary/aromatic N) is 1. The van der Waals surface area contributed by atoms with Crippen molar-refractivity contribution in [1.82, 2.24) is 10.4 Å². The second-order valence-electron chi connectivity index (χ2n) is 9.21. The molecule has 8 heteroatoms. The van der Waals surface area contributed by atoms with Crippen LogP contribution in [-0.4, -0.2) is 21.1 Å². The fourth-order valence-electron chi connectivity index (χ4n) is 3.51. The Kier molecular flexibility index (Phi) is 7.83. The van der Waals surface area contributed by atoms with Gasteiger partial charge < -0.3 is 4.74 Å². The number of thioether (sulfide) groups is 1. The number of carbonyl (C=O) groups is 2. The van der Waals surface area contributed by atoms with Gasteiger partial charge in [-0.2, -0.15) is 5.01 Å². The third-order valence-corrected chi connectivity index (χ3v) is 7.18. The summed E-state index contributed by atoms with van der Waals surface area (Å²) >= 11 is 12.6. The monoisotopic (exact) mass is 536 g/mol. The lowest BCUT2D eigenvalue weighted by molar-refractivity contribution is -0.123. The summed E-state index contributed by atoms with van der Waals surface area (Å²) in [5, 5.41) is 1.35. The van der Waals surface area contributed by atoms with Crippen molar-refractivity contribution >= 4 is 57.8 Å². The van der Waals surface area contributed by atoms with E-state index in [9.17, 15) is 9.59 Å². The van der Waals surface area contributed by atoms with Crippen LogP contribution < -0.4 is 10.2 Å². The summed E-state index contributed by atoms with van der Waals surface area (Å²) in [6.45, 7) is 6.93. The van der Waals surface area contributed by atoms with E-state index in [4.69, 9.17) is 28.6 Å². The predicted molar refractivity (Wildman–Crippen MR) is 150 cm³/mol. The number of carbonyl (C=O) groups excluding carboxylic acids is 2. The molecule has 0 bridgehead atoms. The molecule has 1 aliphatic rings. The zero-order valence-corrected chi connectivity index (χ0v) is 22.5. The molecule has 0 unspecified atom stereocenters. The fourth-order valence-corrected chi connectivity index (χ4v) is 4.90. The first kappa shape index (κ1) is 25.9. The van der Waals surface area contributed by atoms with Crippen LogP contribution in [0.4, 0.5) is 0 Å². The van der Waals surface area contributed by atoms with Crippen LogP contribution in [0.25, 0.3) is 6.08 Å². The lowest BCUT2D eigenvalue weighted by Crippen LogP contribution is -2.44. The predicted octanol–water partition coefficient (Wildman–Crippen LogP) is 6.76. The van der Waals surface area contributed by atoms with Crippen molar-refractivity contribution in [2.75, 3.05) is 0 Å². The van der Waals surface area contributed by atoms with Gasteiger partial charge in [0.1, 0.15) is 12.4 Å². The Bertz CT molecular complexity index is 1350. The Labute approximate surface area is 225 Å². The van der Waals surface area contributed by atoms with E-state index in [0.717, 1.165) is 27.9 Å². The third-order valence-electron chi connectivity index (χ3n) is 5.55. The van der Waals surface area contributed by atoms with Crippen molar-refractivity contribution in [2.45, 2.75) is 32.8 Å². The highest BCUT2D eigenvalue weighted by molar-refractivity contribution is 8.26. The quantitative estimate of drug-likeness (QED) is 0.278. The number of hydrogen-bond acceptors (Lipinski definition) is 5. The third kappa shape index (κ3) is 5.98. The summed E-state index contributed by atoms with van der Waals surface area (Å²) in [5.74, 6) is -0.292. The van der Waals surface area contributed by atoms with Crippen LogP contribution in [0.2, 0.25) is 5.02 Å². The van der Waals surface area contributed by atoms with Gasteiger partial charge in [-0.15, -0.1) is 0 Å². The molecule has 0 atom stereocenters. The van der Waals surface area contributed by atoms with Gasteiger partial charge in [-0.05, 0) is 53.0 Å². The molecule has 1 aliphatic heterocycles. The molecule has 1 fully saturated rings. The Balaban J connectivity index is 1.47. The number of ether oxygens (including phenoxy) is 1. The lowest BCUT2D eigenvalue weighted by atomic mass is 9.87. The van der Waals surface area contributed by atoms with Crippen LogP contribution in [0, 0.1) is 0 Å². The minimum absolute atomic E-state index is 0.0882. The Morgan fingerprint density at radius 3 is 2.42 bits per heavy atom. The number of nitrogens with one attached hydrogen (secondary N) is 1. The summed E-state index contributed by atoms with van der Waals surface area (Å²) in [6.07, 6.45) is 1.72. The number of hydrazine groups is 1. The Morgan fingerprint density at radius 1 is 1.06 bits per heavy atom. The van der Waals surface area contributed by atoms with Crippen molar-refractivity contribution < 1.29 is 14.3 Å². The number of para-hydroxylation sites is 1. The van der Waals surface area contributed by atoms with Gasteiger partial charge in [-0.3, -0.25) is 15.0 Å². The molecule has 0 saturated carbocycles. The van der Waals surface area contributed by atoms with Gasteiger partial charge in [-0.1, -0.05) is 98.7 Å². The van der Waals surface area contributed by atoms with Crippen LogP contribution >= 0.6 is 35.6 Å². The van der Waals surface area contributed by atoms with Gasteiger partial charge in [0, 0.05) is 5.56 Å². The van der Waals surface area contributed by atoms with Crippen LogP contribution in [0.5, 0.6) is 5.75 Å². The molecule has 4 rings (SSSR count). The molecule has 1 heterocycles. The highest BCUT2D eigenvalue weighted by Crippen LogP contribution is 2.34. The zero-order valence-electron chi connectivity index (χ0n) is 20.1. The second kappa shape index (κ2) is 10.9. The van der Waals surface area contributed by atoms with Crippen LogP contribution in [-0.2, 0) is 16.8 Å². The maximum Gasteiger partial charge on any atom is 0.285 e. The molecule has 0 spiro atoms.